The molecule has 2 atom stereocenters. The lowest BCUT2D eigenvalue weighted by Gasteiger charge is -2.27. The van der Waals surface area contributed by atoms with Crippen molar-refractivity contribution in [3.05, 3.63) is 36.4 Å². The van der Waals surface area contributed by atoms with E-state index in [1.807, 2.05) is 30.3 Å². The topological polar surface area (TPSA) is 87.6 Å². The highest BCUT2D eigenvalue weighted by Crippen LogP contribution is 2.48. The molecule has 0 aliphatic carbocycles. The Hall–Kier alpha value is -1.41. The first kappa shape index (κ1) is 14.5. The third kappa shape index (κ3) is 2.26. The van der Waals surface area contributed by atoms with E-state index in [2.05, 4.69) is 0 Å². The monoisotopic (exact) mass is 312 g/mol. The number of ether oxygens (including phenoxy) is 1. The Kier molecular flexibility index (Phi) is 3.32. The van der Waals surface area contributed by atoms with Crippen molar-refractivity contribution in [2.24, 2.45) is 0 Å². The van der Waals surface area contributed by atoms with Crippen molar-refractivity contribution in [1.29, 1.82) is 0 Å². The van der Waals surface area contributed by atoms with Gasteiger partial charge in [0.15, 0.2) is 5.75 Å². The molecular formula is C14H15ClNO5+. The summed E-state index contributed by atoms with van der Waals surface area (Å²) in [6.07, 6.45) is -0.632. The molecule has 2 aromatic carbocycles. The van der Waals surface area contributed by atoms with Gasteiger partial charge in [0.1, 0.15) is 16.8 Å². The van der Waals surface area contributed by atoms with Crippen LogP contribution in [0.5, 0.6) is 5.75 Å². The van der Waals surface area contributed by atoms with E-state index in [0.717, 1.165) is 10.8 Å². The third-order valence-corrected chi connectivity index (χ3v) is 4.22. The van der Waals surface area contributed by atoms with Gasteiger partial charge in [-0.25, -0.2) is 0 Å². The minimum absolute atomic E-state index is 0.247. The molecule has 1 aliphatic heterocycles. The summed E-state index contributed by atoms with van der Waals surface area (Å²) in [5.74, 6) is 0.530. The molecule has 1 heterocycles. The van der Waals surface area contributed by atoms with Crippen molar-refractivity contribution in [1.82, 2.24) is 4.65 Å². The summed E-state index contributed by atoms with van der Waals surface area (Å²) in [6, 6.07) is 11.2. The van der Waals surface area contributed by atoms with Crippen LogP contribution in [0.15, 0.2) is 36.4 Å². The van der Waals surface area contributed by atoms with Crippen LogP contribution >= 0.6 is 0 Å². The first-order valence-electron chi connectivity index (χ1n) is 6.56. The van der Waals surface area contributed by atoms with Crippen LogP contribution in [0.2, 0.25) is 0 Å². The van der Waals surface area contributed by atoms with Crippen LogP contribution in [-0.2, 0) is 4.39 Å². The zero-order chi connectivity index (χ0) is 15.3. The third-order valence-electron chi connectivity index (χ3n) is 3.80. The average Bonchev–Trinajstić information content (AvgIpc) is 2.70. The lowest BCUT2D eigenvalue weighted by molar-refractivity contribution is -1.92. The standard InChI is InChI=1S/C14H15ClNO5/c1-3-16(21-15(17,18)19)10(2)20-13-9-8-11-6-4-5-7-12(11)14(13)16/h4-10H,3H2,1-2H3/q+1. The summed E-state index contributed by atoms with van der Waals surface area (Å²) < 4.78 is 43.6. The quantitative estimate of drug-likeness (QED) is 0.728. The van der Waals surface area contributed by atoms with E-state index in [9.17, 15) is 14.0 Å². The lowest BCUT2D eigenvalue weighted by atomic mass is 10.1. The predicted molar refractivity (Wildman–Crippen MR) is 67.5 cm³/mol. The van der Waals surface area contributed by atoms with Gasteiger partial charge < -0.3 is 4.74 Å². The summed E-state index contributed by atoms with van der Waals surface area (Å²) >= 11 is 0. The van der Waals surface area contributed by atoms with Crippen LogP contribution in [0, 0.1) is 10.2 Å². The normalized spacial score (nSPS) is 24.9. The molecule has 0 radical (unpaired) electrons. The van der Waals surface area contributed by atoms with Gasteiger partial charge in [0.2, 0.25) is 5.69 Å². The number of halogens is 1. The van der Waals surface area contributed by atoms with E-state index >= 15 is 0 Å². The molecule has 6 nitrogen and oxygen atoms in total. The molecule has 0 N–H and O–H groups in total. The molecular weight excluding hydrogens is 298 g/mol. The van der Waals surface area contributed by atoms with Gasteiger partial charge in [0.05, 0.1) is 5.39 Å². The van der Waals surface area contributed by atoms with E-state index < -0.39 is 21.1 Å². The first-order chi connectivity index (χ1) is 9.87. The van der Waals surface area contributed by atoms with Crippen molar-refractivity contribution in [3.8, 4) is 5.75 Å². The molecule has 0 aromatic heterocycles. The van der Waals surface area contributed by atoms with Gasteiger partial charge in [0.25, 0.3) is 10.6 Å². The summed E-state index contributed by atoms with van der Waals surface area (Å²) in [5.41, 5.74) is 0.565. The largest absolute Gasteiger partial charge is 0.433 e. The smallest absolute Gasteiger partial charge is 0.278 e. The van der Waals surface area contributed by atoms with Gasteiger partial charge in [-0.3, -0.25) is 0 Å². The lowest BCUT2D eigenvalue weighted by Crippen LogP contribution is -2.70. The van der Waals surface area contributed by atoms with Crippen molar-refractivity contribution >= 4 is 16.5 Å². The van der Waals surface area contributed by atoms with Crippen LogP contribution in [0.25, 0.3) is 10.8 Å². The fourth-order valence-corrected chi connectivity index (χ4v) is 3.46. The Labute approximate surface area is 124 Å². The number of rotatable bonds is 3. The Bertz CT molecular complexity index is 687. The number of quaternary nitrogens is 1. The van der Waals surface area contributed by atoms with Gasteiger partial charge >= 0.3 is 0 Å². The molecule has 0 bridgehead atoms. The second-order valence-corrected chi connectivity index (χ2v) is 5.80. The highest BCUT2D eigenvalue weighted by molar-refractivity contribution is 5.96. The fourth-order valence-electron chi connectivity index (χ4n) is 2.88. The van der Waals surface area contributed by atoms with Crippen LogP contribution in [0.1, 0.15) is 13.8 Å². The molecule has 112 valence electrons. The molecule has 2 aromatic rings. The second-order valence-electron chi connectivity index (χ2n) is 4.91. The van der Waals surface area contributed by atoms with Crippen molar-refractivity contribution < 1.29 is 33.3 Å². The van der Waals surface area contributed by atoms with Crippen molar-refractivity contribution in [2.75, 3.05) is 6.54 Å². The minimum Gasteiger partial charge on any atom is -0.433 e. The molecule has 0 saturated carbocycles. The molecule has 3 rings (SSSR count). The number of hydrogen-bond acceptors (Lipinski definition) is 5. The molecule has 2 unspecified atom stereocenters. The molecule has 1 aliphatic rings. The minimum atomic E-state index is -4.58. The Morgan fingerprint density at radius 2 is 1.90 bits per heavy atom. The molecule has 0 fully saturated rings. The number of benzene rings is 2. The van der Waals surface area contributed by atoms with Crippen LogP contribution < -0.4 is 23.4 Å². The molecule has 0 spiro atoms. The Morgan fingerprint density at radius 1 is 1.19 bits per heavy atom. The highest BCUT2D eigenvalue weighted by atomic mass is 35.7. The van der Waals surface area contributed by atoms with E-state index in [4.69, 9.17) is 9.13 Å². The Morgan fingerprint density at radius 3 is 2.57 bits per heavy atom. The van der Waals surface area contributed by atoms with Gasteiger partial charge in [0, 0.05) is 11.6 Å². The zero-order valence-electron chi connectivity index (χ0n) is 11.6. The van der Waals surface area contributed by atoms with Crippen LogP contribution in [-0.4, -0.2) is 12.8 Å². The summed E-state index contributed by atoms with van der Waals surface area (Å²) in [5, 5.41) is 1.73. The number of nitrogens with zero attached hydrogens (tertiary/aromatic N) is 1. The zero-order valence-corrected chi connectivity index (χ0v) is 12.4. The predicted octanol–water partition coefficient (Wildman–Crippen LogP) is -0.266. The molecule has 0 saturated heterocycles. The maximum Gasteiger partial charge on any atom is 0.278 e. The van der Waals surface area contributed by atoms with Gasteiger partial charge in [-0.15, -0.1) is 0 Å². The molecule has 7 heteroatoms. The fraction of sp³-hybridized carbons (Fsp3) is 0.286. The summed E-state index contributed by atoms with van der Waals surface area (Å²) in [4.78, 5) is 0. The summed E-state index contributed by atoms with van der Waals surface area (Å²) in [7, 11) is -4.58. The van der Waals surface area contributed by atoms with Crippen molar-refractivity contribution in [3.63, 3.8) is 0 Å². The average molecular weight is 313 g/mol. The molecule has 21 heavy (non-hydrogen) atoms. The van der Waals surface area contributed by atoms with Crippen LogP contribution in [0.4, 0.5) is 5.69 Å². The second kappa shape index (κ2) is 4.81. The maximum atomic E-state index is 11.2. The molecule has 0 amide bonds. The first-order valence-corrected chi connectivity index (χ1v) is 7.79. The highest BCUT2D eigenvalue weighted by Gasteiger charge is 2.59. The van der Waals surface area contributed by atoms with Crippen LogP contribution in [0.3, 0.4) is 0 Å². The van der Waals surface area contributed by atoms with Gasteiger partial charge in [-0.05, 0) is 24.4 Å². The van der Waals surface area contributed by atoms with E-state index in [0.29, 0.717) is 11.4 Å². The Balaban J connectivity index is 2.27. The van der Waals surface area contributed by atoms with E-state index in [1.165, 1.54) is 0 Å². The SMILES string of the molecule is CC[N+]1(O[Cl+3]([O-])([O-])[O-])c2c(ccc3ccccc23)OC1C. The number of hydrogen-bond donors (Lipinski definition) is 0. The van der Waals surface area contributed by atoms with Gasteiger partial charge in [-0.1, -0.05) is 24.3 Å². The van der Waals surface area contributed by atoms with E-state index in [1.54, 1.807) is 19.9 Å². The van der Waals surface area contributed by atoms with Crippen molar-refractivity contribution in [2.45, 2.75) is 20.1 Å². The maximum absolute atomic E-state index is 11.2. The number of fused-ring (bicyclic) bond motifs is 3. The van der Waals surface area contributed by atoms with Gasteiger partial charge in [-0.2, -0.15) is 14.0 Å². The number of hydroxylamine groups is 2. The summed E-state index contributed by atoms with van der Waals surface area (Å²) in [6.45, 7) is 3.67. The van der Waals surface area contributed by atoms with E-state index in [-0.39, 0.29) is 6.54 Å².